The summed E-state index contributed by atoms with van der Waals surface area (Å²) in [6, 6.07) is 9.56. The van der Waals surface area contributed by atoms with E-state index in [0.717, 1.165) is 22.7 Å². The summed E-state index contributed by atoms with van der Waals surface area (Å²) >= 11 is 4.99. The molecule has 98 valence electrons. The lowest BCUT2D eigenvalue weighted by Gasteiger charge is -2.12. The van der Waals surface area contributed by atoms with E-state index in [0.29, 0.717) is 5.69 Å². The average Bonchev–Trinajstić information content (AvgIpc) is 2.39. The predicted octanol–water partition coefficient (Wildman–Crippen LogP) is 2.78. The van der Waals surface area contributed by atoms with Crippen molar-refractivity contribution in [3.8, 4) is 5.75 Å². The van der Waals surface area contributed by atoms with Crippen LogP contribution < -0.4 is 15.8 Å². The highest BCUT2D eigenvalue weighted by Gasteiger charge is 2.07. The Kier molecular flexibility index (Phi) is 3.97. The van der Waals surface area contributed by atoms with Gasteiger partial charge in [-0.2, -0.15) is 0 Å². The van der Waals surface area contributed by atoms with Crippen LogP contribution in [0.1, 0.15) is 11.3 Å². The van der Waals surface area contributed by atoms with E-state index in [9.17, 15) is 0 Å². The van der Waals surface area contributed by atoms with E-state index in [4.69, 9.17) is 22.7 Å². The topological polar surface area (TPSA) is 60.2 Å². The molecule has 0 aliphatic carbocycles. The number of aromatic nitrogens is 1. The summed E-state index contributed by atoms with van der Waals surface area (Å²) in [5.74, 6) is 0.853. The first-order valence-electron chi connectivity index (χ1n) is 5.78. The zero-order valence-corrected chi connectivity index (χ0v) is 11.6. The van der Waals surface area contributed by atoms with E-state index in [1.54, 1.807) is 13.3 Å². The summed E-state index contributed by atoms with van der Waals surface area (Å²) < 4.78 is 5.23. The maximum Gasteiger partial charge on any atom is 0.124 e. The van der Waals surface area contributed by atoms with Crippen LogP contribution in [0.25, 0.3) is 0 Å². The normalized spacial score (nSPS) is 10.0. The fourth-order valence-corrected chi connectivity index (χ4v) is 1.98. The number of rotatable bonds is 4. The minimum absolute atomic E-state index is 0.272. The van der Waals surface area contributed by atoms with Crippen molar-refractivity contribution in [1.82, 2.24) is 4.98 Å². The highest BCUT2D eigenvalue weighted by Crippen LogP contribution is 2.25. The fraction of sp³-hybridized carbons (Fsp3) is 0.143. The Morgan fingerprint density at radius 2 is 2.16 bits per heavy atom. The molecule has 0 aliphatic heterocycles. The lowest BCUT2D eigenvalue weighted by Crippen LogP contribution is -2.13. The van der Waals surface area contributed by atoms with Crippen molar-refractivity contribution in [2.45, 2.75) is 6.92 Å². The second kappa shape index (κ2) is 5.67. The molecular weight excluding hydrogens is 258 g/mol. The van der Waals surface area contributed by atoms with Gasteiger partial charge in [-0.3, -0.25) is 4.98 Å². The van der Waals surface area contributed by atoms with Crippen molar-refractivity contribution >= 4 is 28.6 Å². The highest BCUT2D eigenvalue weighted by atomic mass is 32.1. The number of nitrogens with one attached hydrogen (secondary N) is 1. The summed E-state index contributed by atoms with van der Waals surface area (Å²) in [7, 11) is 1.65. The Balaban J connectivity index is 2.31. The molecule has 0 bridgehead atoms. The third-order valence-corrected chi connectivity index (χ3v) is 2.91. The first-order valence-corrected chi connectivity index (χ1v) is 6.19. The van der Waals surface area contributed by atoms with Gasteiger partial charge in [0.25, 0.3) is 0 Å². The lowest BCUT2D eigenvalue weighted by molar-refractivity contribution is 0.412. The SMILES string of the molecule is COc1ccc(Nc2cccnc2C(N)=S)cc1C. The molecule has 0 spiro atoms. The minimum atomic E-state index is 0.272. The van der Waals surface area contributed by atoms with Gasteiger partial charge in [-0.1, -0.05) is 12.2 Å². The van der Waals surface area contributed by atoms with E-state index >= 15 is 0 Å². The van der Waals surface area contributed by atoms with Gasteiger partial charge in [0.05, 0.1) is 12.8 Å². The third kappa shape index (κ3) is 3.00. The molecule has 19 heavy (non-hydrogen) atoms. The van der Waals surface area contributed by atoms with E-state index in [-0.39, 0.29) is 4.99 Å². The molecule has 1 heterocycles. The predicted molar refractivity (Wildman–Crippen MR) is 81.1 cm³/mol. The lowest BCUT2D eigenvalue weighted by atomic mass is 10.2. The van der Waals surface area contributed by atoms with Gasteiger partial charge in [-0.25, -0.2) is 0 Å². The van der Waals surface area contributed by atoms with Crippen LogP contribution in [-0.2, 0) is 0 Å². The zero-order chi connectivity index (χ0) is 13.8. The third-order valence-electron chi connectivity index (χ3n) is 2.71. The number of benzene rings is 1. The van der Waals surface area contributed by atoms with Crippen molar-refractivity contribution in [1.29, 1.82) is 0 Å². The Morgan fingerprint density at radius 3 is 2.79 bits per heavy atom. The van der Waals surface area contributed by atoms with E-state index in [1.165, 1.54) is 0 Å². The Bertz CT molecular complexity index is 613. The molecule has 0 saturated carbocycles. The van der Waals surface area contributed by atoms with Gasteiger partial charge in [0.15, 0.2) is 0 Å². The zero-order valence-electron chi connectivity index (χ0n) is 10.8. The molecular formula is C14H15N3OS. The van der Waals surface area contributed by atoms with Gasteiger partial charge in [0.1, 0.15) is 16.4 Å². The molecule has 2 rings (SSSR count). The summed E-state index contributed by atoms with van der Waals surface area (Å²) in [5.41, 5.74) is 9.02. The van der Waals surface area contributed by atoms with Crippen molar-refractivity contribution < 1.29 is 4.74 Å². The number of aryl methyl sites for hydroxylation is 1. The molecule has 0 radical (unpaired) electrons. The van der Waals surface area contributed by atoms with Gasteiger partial charge in [0.2, 0.25) is 0 Å². The van der Waals surface area contributed by atoms with Crippen LogP contribution in [-0.4, -0.2) is 17.1 Å². The van der Waals surface area contributed by atoms with Crippen molar-refractivity contribution in [3.63, 3.8) is 0 Å². The van der Waals surface area contributed by atoms with Crippen LogP contribution >= 0.6 is 12.2 Å². The van der Waals surface area contributed by atoms with Crippen molar-refractivity contribution in [2.24, 2.45) is 5.73 Å². The summed E-state index contributed by atoms with van der Waals surface area (Å²) in [5, 5.41) is 3.26. The molecule has 0 saturated heterocycles. The largest absolute Gasteiger partial charge is 0.496 e. The first kappa shape index (κ1) is 13.3. The van der Waals surface area contributed by atoms with Crippen LogP contribution in [0.5, 0.6) is 5.75 Å². The molecule has 0 atom stereocenters. The number of hydrogen-bond donors (Lipinski definition) is 2. The standard InChI is InChI=1S/C14H15N3OS/c1-9-8-10(5-6-12(9)18-2)17-11-4-3-7-16-13(11)14(15)19/h3-8,17H,1-2H3,(H2,15,19). The molecule has 1 aromatic heterocycles. The van der Waals surface area contributed by atoms with Crippen LogP contribution in [0.3, 0.4) is 0 Å². The van der Waals surface area contributed by atoms with Gasteiger partial charge >= 0.3 is 0 Å². The molecule has 5 heteroatoms. The Hall–Kier alpha value is -2.14. The van der Waals surface area contributed by atoms with Gasteiger partial charge in [-0.05, 0) is 42.8 Å². The van der Waals surface area contributed by atoms with E-state index in [2.05, 4.69) is 10.3 Å². The second-order valence-corrected chi connectivity index (χ2v) is 4.51. The average molecular weight is 273 g/mol. The molecule has 0 fully saturated rings. The fourth-order valence-electron chi connectivity index (χ4n) is 1.81. The van der Waals surface area contributed by atoms with Gasteiger partial charge in [-0.15, -0.1) is 0 Å². The maximum absolute atomic E-state index is 5.65. The number of thiocarbonyl (C=S) groups is 1. The molecule has 3 N–H and O–H groups in total. The molecule has 2 aromatic rings. The number of nitrogens with zero attached hydrogens (tertiary/aromatic N) is 1. The summed E-state index contributed by atoms with van der Waals surface area (Å²) in [4.78, 5) is 4.45. The number of anilines is 2. The van der Waals surface area contributed by atoms with Gasteiger partial charge in [0, 0.05) is 11.9 Å². The van der Waals surface area contributed by atoms with Crippen LogP contribution in [0.4, 0.5) is 11.4 Å². The quantitative estimate of drug-likeness (QED) is 0.839. The summed E-state index contributed by atoms with van der Waals surface area (Å²) in [6.45, 7) is 1.99. The monoisotopic (exact) mass is 273 g/mol. The second-order valence-electron chi connectivity index (χ2n) is 4.07. The number of hydrogen-bond acceptors (Lipinski definition) is 4. The number of methoxy groups -OCH3 is 1. The highest BCUT2D eigenvalue weighted by molar-refractivity contribution is 7.80. The van der Waals surface area contributed by atoms with Crippen LogP contribution in [0.15, 0.2) is 36.5 Å². The van der Waals surface area contributed by atoms with Crippen LogP contribution in [0.2, 0.25) is 0 Å². The molecule has 4 nitrogen and oxygen atoms in total. The number of nitrogens with two attached hydrogens (primary N) is 1. The number of ether oxygens (including phenoxy) is 1. The molecule has 0 amide bonds. The molecule has 1 aromatic carbocycles. The van der Waals surface area contributed by atoms with E-state index in [1.807, 2.05) is 37.3 Å². The Morgan fingerprint density at radius 1 is 1.37 bits per heavy atom. The minimum Gasteiger partial charge on any atom is -0.496 e. The number of pyridine rings is 1. The van der Waals surface area contributed by atoms with Crippen LogP contribution in [0, 0.1) is 6.92 Å². The molecule has 0 aliphatic rings. The summed E-state index contributed by atoms with van der Waals surface area (Å²) in [6.07, 6.45) is 1.67. The van der Waals surface area contributed by atoms with Crippen molar-refractivity contribution in [2.75, 3.05) is 12.4 Å². The van der Waals surface area contributed by atoms with Crippen molar-refractivity contribution in [3.05, 3.63) is 47.8 Å². The smallest absolute Gasteiger partial charge is 0.124 e. The Labute approximate surface area is 117 Å². The first-order chi connectivity index (χ1) is 9.11. The molecule has 0 unspecified atom stereocenters. The maximum atomic E-state index is 5.65. The van der Waals surface area contributed by atoms with Gasteiger partial charge < -0.3 is 15.8 Å². The van der Waals surface area contributed by atoms with E-state index < -0.39 is 0 Å².